The number of nitrogens with zero attached hydrogens (tertiary/aromatic N) is 3. The molecular formula is C22H26F3N5. The van der Waals surface area contributed by atoms with Gasteiger partial charge in [-0.25, -0.2) is 9.97 Å². The lowest BCUT2D eigenvalue weighted by Gasteiger charge is -2.37. The molecule has 0 spiro atoms. The predicted octanol–water partition coefficient (Wildman–Crippen LogP) is 4.59. The third-order valence-electron chi connectivity index (χ3n) is 5.99. The van der Waals surface area contributed by atoms with Crippen LogP contribution in [0.3, 0.4) is 0 Å². The Bertz CT molecular complexity index is 992. The monoisotopic (exact) mass is 417 g/mol. The molecule has 5 rings (SSSR count). The Balaban J connectivity index is 0.000000147. The Morgan fingerprint density at radius 3 is 2.47 bits per heavy atom. The van der Waals surface area contributed by atoms with E-state index in [1.54, 1.807) is 11.1 Å². The summed E-state index contributed by atoms with van der Waals surface area (Å²) < 4.78 is 36.7. The Hall–Kier alpha value is -2.61. The van der Waals surface area contributed by atoms with E-state index in [1.807, 2.05) is 0 Å². The number of hydrogen-bond acceptors (Lipinski definition) is 4. The van der Waals surface area contributed by atoms with Crippen molar-refractivity contribution < 1.29 is 13.2 Å². The number of nitrogen functional groups attached to an aromatic ring is 1. The number of nitrogens with one attached hydrogen (secondary N) is 1. The Kier molecular flexibility index (Phi) is 5.94. The highest BCUT2D eigenvalue weighted by Gasteiger charge is 2.33. The Morgan fingerprint density at radius 1 is 1.03 bits per heavy atom. The highest BCUT2D eigenvalue weighted by molar-refractivity contribution is 5.86. The number of aryl methyl sites for hydroxylation is 1. The van der Waals surface area contributed by atoms with Gasteiger partial charge in [-0.05, 0) is 62.4 Å². The molecule has 0 amide bonds. The zero-order chi connectivity index (χ0) is 21.1. The van der Waals surface area contributed by atoms with E-state index in [2.05, 4.69) is 44.1 Å². The van der Waals surface area contributed by atoms with Crippen molar-refractivity contribution in [3.63, 3.8) is 0 Å². The molecule has 1 saturated heterocycles. The topological polar surface area (TPSA) is 70.8 Å². The fraction of sp³-hybridized carbons (Fsp3) is 0.455. The van der Waals surface area contributed by atoms with Crippen molar-refractivity contribution >= 4 is 16.9 Å². The fourth-order valence-corrected chi connectivity index (χ4v) is 4.39. The molecule has 2 aromatic heterocycles. The summed E-state index contributed by atoms with van der Waals surface area (Å²) in [6.07, 6.45) is 4.90. The third kappa shape index (κ3) is 4.59. The molecule has 0 unspecified atom stereocenters. The van der Waals surface area contributed by atoms with Crippen LogP contribution in [0, 0.1) is 0 Å². The molecule has 3 aromatic rings. The molecule has 1 atom stereocenters. The number of piperidine rings is 1. The average Bonchev–Trinajstić information content (AvgIpc) is 3.21. The molecule has 5 nitrogen and oxygen atoms in total. The van der Waals surface area contributed by atoms with Crippen LogP contribution in [0.4, 0.5) is 19.0 Å². The molecule has 3 heterocycles. The number of rotatable bonds is 1. The normalized spacial score (nSPS) is 19.8. The first-order valence-electron chi connectivity index (χ1n) is 10.4. The Morgan fingerprint density at radius 2 is 1.77 bits per heavy atom. The molecule has 0 saturated carbocycles. The SMILES string of the molecule is Nc1ncnc2[nH]c(C(F)(F)F)cc12.c1ccc2c(c1)CC[C@H](N1CCCCC1)C2. The van der Waals surface area contributed by atoms with Gasteiger partial charge in [0.1, 0.15) is 23.5 Å². The smallest absolute Gasteiger partial charge is 0.383 e. The van der Waals surface area contributed by atoms with Gasteiger partial charge in [0.15, 0.2) is 0 Å². The van der Waals surface area contributed by atoms with E-state index < -0.39 is 11.9 Å². The van der Waals surface area contributed by atoms with Crippen LogP contribution in [-0.4, -0.2) is 39.0 Å². The van der Waals surface area contributed by atoms with Crippen molar-refractivity contribution in [3.05, 3.63) is 53.5 Å². The minimum atomic E-state index is -4.42. The molecule has 1 aliphatic carbocycles. The van der Waals surface area contributed by atoms with Crippen LogP contribution in [0.1, 0.15) is 42.5 Å². The summed E-state index contributed by atoms with van der Waals surface area (Å²) in [5.74, 6) is 0.0294. The largest absolute Gasteiger partial charge is 0.431 e. The second kappa shape index (κ2) is 8.63. The third-order valence-corrected chi connectivity index (χ3v) is 5.99. The molecule has 160 valence electrons. The van der Waals surface area contributed by atoms with Crippen molar-refractivity contribution in [2.24, 2.45) is 0 Å². The second-order valence-electron chi connectivity index (χ2n) is 7.96. The first-order chi connectivity index (χ1) is 14.4. The number of aromatic amines is 1. The number of benzene rings is 1. The van der Waals surface area contributed by atoms with Crippen LogP contribution in [-0.2, 0) is 19.0 Å². The second-order valence-corrected chi connectivity index (χ2v) is 7.96. The van der Waals surface area contributed by atoms with Crippen molar-refractivity contribution in [2.75, 3.05) is 18.8 Å². The summed E-state index contributed by atoms with van der Waals surface area (Å²) in [5.41, 5.74) is 7.78. The molecule has 8 heteroatoms. The molecule has 1 fully saturated rings. The predicted molar refractivity (Wildman–Crippen MR) is 111 cm³/mol. The van der Waals surface area contributed by atoms with Gasteiger partial charge in [0, 0.05) is 6.04 Å². The molecule has 1 aliphatic heterocycles. The van der Waals surface area contributed by atoms with Crippen LogP contribution < -0.4 is 5.73 Å². The molecular weight excluding hydrogens is 391 g/mol. The zero-order valence-electron chi connectivity index (χ0n) is 16.8. The van der Waals surface area contributed by atoms with Gasteiger partial charge in [0.05, 0.1) is 5.39 Å². The fourth-order valence-electron chi connectivity index (χ4n) is 4.39. The number of fused-ring (bicyclic) bond motifs is 2. The summed E-state index contributed by atoms with van der Waals surface area (Å²) in [6.45, 7) is 2.68. The number of hydrogen-bond donors (Lipinski definition) is 2. The number of H-pyrrole nitrogens is 1. The van der Waals surface area contributed by atoms with Gasteiger partial charge in [-0.1, -0.05) is 30.7 Å². The Labute approximate surface area is 173 Å². The van der Waals surface area contributed by atoms with Gasteiger partial charge in [0.25, 0.3) is 0 Å². The van der Waals surface area contributed by atoms with Crippen molar-refractivity contribution in [2.45, 2.75) is 50.7 Å². The van der Waals surface area contributed by atoms with E-state index in [4.69, 9.17) is 5.73 Å². The number of aromatic nitrogens is 3. The van der Waals surface area contributed by atoms with Crippen LogP contribution in [0.15, 0.2) is 36.7 Å². The van der Waals surface area contributed by atoms with Crippen molar-refractivity contribution in [1.82, 2.24) is 19.9 Å². The van der Waals surface area contributed by atoms with E-state index in [0.717, 1.165) is 18.4 Å². The van der Waals surface area contributed by atoms with Crippen LogP contribution in [0.25, 0.3) is 11.0 Å². The first-order valence-corrected chi connectivity index (χ1v) is 10.4. The first kappa shape index (κ1) is 20.7. The van der Waals surface area contributed by atoms with Crippen LogP contribution >= 0.6 is 0 Å². The van der Waals surface area contributed by atoms with Crippen LogP contribution in [0.5, 0.6) is 0 Å². The van der Waals surface area contributed by atoms with E-state index in [1.165, 1.54) is 51.6 Å². The van der Waals surface area contributed by atoms with Gasteiger partial charge in [0.2, 0.25) is 0 Å². The summed E-state index contributed by atoms with van der Waals surface area (Å²) in [4.78, 5) is 12.1. The summed E-state index contributed by atoms with van der Waals surface area (Å²) in [7, 11) is 0. The minimum absolute atomic E-state index is 0.0294. The lowest BCUT2D eigenvalue weighted by molar-refractivity contribution is -0.140. The molecule has 30 heavy (non-hydrogen) atoms. The highest BCUT2D eigenvalue weighted by Crippen LogP contribution is 2.31. The summed E-state index contributed by atoms with van der Waals surface area (Å²) >= 11 is 0. The average molecular weight is 417 g/mol. The minimum Gasteiger partial charge on any atom is -0.383 e. The van der Waals surface area contributed by atoms with E-state index in [0.29, 0.717) is 0 Å². The molecule has 0 bridgehead atoms. The number of likely N-dealkylation sites (tertiary alicyclic amines) is 1. The zero-order valence-corrected chi connectivity index (χ0v) is 16.8. The van der Waals surface area contributed by atoms with Gasteiger partial charge >= 0.3 is 6.18 Å². The standard InChI is InChI=1S/C15H21N.C7H5F3N4/c1-4-10-16(11-5-1)15-9-8-13-6-2-3-7-14(13)12-15;8-7(9,10)4-1-3-5(11)12-2-13-6(3)14-4/h2-3,6-7,15H,1,4-5,8-12H2;1-2H,(H3,11,12,13,14)/t15-;/m0./s1. The lowest BCUT2D eigenvalue weighted by atomic mass is 9.87. The van der Waals surface area contributed by atoms with Gasteiger partial charge < -0.3 is 15.6 Å². The maximum Gasteiger partial charge on any atom is 0.431 e. The van der Waals surface area contributed by atoms with Crippen molar-refractivity contribution in [1.29, 1.82) is 0 Å². The lowest BCUT2D eigenvalue weighted by Crippen LogP contribution is -2.42. The molecule has 3 N–H and O–H groups in total. The summed E-state index contributed by atoms with van der Waals surface area (Å²) in [5, 5.41) is 0.180. The van der Waals surface area contributed by atoms with Gasteiger partial charge in [-0.3, -0.25) is 0 Å². The van der Waals surface area contributed by atoms with E-state index in [9.17, 15) is 13.2 Å². The van der Waals surface area contributed by atoms with E-state index in [-0.39, 0.29) is 16.9 Å². The number of halogens is 3. The van der Waals surface area contributed by atoms with E-state index >= 15 is 0 Å². The van der Waals surface area contributed by atoms with Crippen LogP contribution in [0.2, 0.25) is 0 Å². The highest BCUT2D eigenvalue weighted by atomic mass is 19.4. The molecule has 1 aromatic carbocycles. The van der Waals surface area contributed by atoms with Crippen molar-refractivity contribution in [3.8, 4) is 0 Å². The number of nitrogens with two attached hydrogens (primary N) is 1. The van der Waals surface area contributed by atoms with Gasteiger partial charge in [-0.2, -0.15) is 13.2 Å². The number of anilines is 1. The molecule has 0 radical (unpaired) electrons. The quantitative estimate of drug-likeness (QED) is 0.608. The molecule has 2 aliphatic rings. The summed E-state index contributed by atoms with van der Waals surface area (Å²) in [6, 6.07) is 10.7. The van der Waals surface area contributed by atoms with Gasteiger partial charge in [-0.15, -0.1) is 0 Å². The maximum absolute atomic E-state index is 12.2. The maximum atomic E-state index is 12.2. The number of alkyl halides is 3.